The molecule has 2 amide bonds. The van der Waals surface area contributed by atoms with Gasteiger partial charge < -0.3 is 5.32 Å². The molecule has 3 rings (SSSR count). The van der Waals surface area contributed by atoms with Crippen molar-refractivity contribution in [2.45, 2.75) is 6.54 Å². The van der Waals surface area contributed by atoms with Gasteiger partial charge in [-0.15, -0.1) is 0 Å². The molecule has 0 unspecified atom stereocenters. The molecular formula is C17H17N5O. The van der Waals surface area contributed by atoms with E-state index in [0.717, 1.165) is 11.4 Å². The summed E-state index contributed by atoms with van der Waals surface area (Å²) in [4.78, 5) is 18.4. The Labute approximate surface area is 134 Å². The van der Waals surface area contributed by atoms with Crippen LogP contribution in [0.3, 0.4) is 0 Å². The lowest BCUT2D eigenvalue weighted by atomic mass is 10.2. The number of urea groups is 1. The van der Waals surface area contributed by atoms with Crippen LogP contribution >= 0.6 is 0 Å². The molecule has 0 saturated heterocycles. The summed E-state index contributed by atoms with van der Waals surface area (Å²) in [6, 6.07) is 18.8. The Morgan fingerprint density at radius 2 is 1.61 bits per heavy atom. The number of carbonyl (C=O) groups excluding carboxylic acids is 1. The van der Waals surface area contributed by atoms with Crippen LogP contribution in [0.25, 0.3) is 0 Å². The molecule has 0 fully saturated rings. The fourth-order valence-corrected chi connectivity index (χ4v) is 2.24. The molecule has 23 heavy (non-hydrogen) atoms. The summed E-state index contributed by atoms with van der Waals surface area (Å²) in [5.41, 5.74) is 1.59. The number of carbonyl (C=O) groups is 1. The van der Waals surface area contributed by atoms with Crippen molar-refractivity contribution in [2.75, 3.05) is 4.90 Å². The minimum Gasteiger partial charge on any atom is -0.330 e. The summed E-state index contributed by atoms with van der Waals surface area (Å²) >= 11 is 0. The van der Waals surface area contributed by atoms with Gasteiger partial charge in [-0.2, -0.15) is 5.10 Å². The standard InChI is InChI=1S/C17H17N5O/c1-21-13-19-16(20-21)12-18-17(23)22(14-8-4-2-5-9-14)15-10-6-3-7-11-15/h2-11,13H,12H2,1H3,(H,18,23). The van der Waals surface area contributed by atoms with E-state index in [1.807, 2.05) is 60.7 Å². The zero-order valence-corrected chi connectivity index (χ0v) is 12.8. The smallest absolute Gasteiger partial charge is 0.326 e. The Bertz CT molecular complexity index is 730. The van der Waals surface area contributed by atoms with Gasteiger partial charge in [0.25, 0.3) is 0 Å². The third-order valence-electron chi connectivity index (χ3n) is 3.28. The molecule has 0 bridgehead atoms. The van der Waals surface area contributed by atoms with Crippen LogP contribution in [0.4, 0.5) is 16.2 Å². The van der Waals surface area contributed by atoms with Crippen LogP contribution in [-0.4, -0.2) is 20.8 Å². The first-order chi connectivity index (χ1) is 11.2. The third-order valence-corrected chi connectivity index (χ3v) is 3.28. The van der Waals surface area contributed by atoms with Gasteiger partial charge in [-0.3, -0.25) is 9.58 Å². The van der Waals surface area contributed by atoms with Crippen LogP contribution in [-0.2, 0) is 13.6 Å². The molecule has 1 heterocycles. The molecule has 6 nitrogen and oxygen atoms in total. The molecule has 0 aliphatic carbocycles. The van der Waals surface area contributed by atoms with Crippen molar-refractivity contribution in [1.82, 2.24) is 20.1 Å². The van der Waals surface area contributed by atoms with Crippen LogP contribution in [0.2, 0.25) is 0 Å². The number of benzene rings is 2. The number of amides is 2. The maximum absolute atomic E-state index is 12.7. The van der Waals surface area contributed by atoms with Crippen molar-refractivity contribution in [3.8, 4) is 0 Å². The van der Waals surface area contributed by atoms with Gasteiger partial charge in [-0.05, 0) is 24.3 Å². The minimum absolute atomic E-state index is 0.227. The average Bonchev–Trinajstić information content (AvgIpc) is 3.01. The second-order valence-electron chi connectivity index (χ2n) is 5.00. The van der Waals surface area contributed by atoms with E-state index >= 15 is 0 Å². The second kappa shape index (κ2) is 6.74. The highest BCUT2D eigenvalue weighted by molar-refractivity contribution is 5.99. The molecule has 0 saturated carbocycles. The van der Waals surface area contributed by atoms with Gasteiger partial charge in [0.15, 0.2) is 5.82 Å². The summed E-state index contributed by atoms with van der Waals surface area (Å²) in [5.74, 6) is 0.571. The van der Waals surface area contributed by atoms with Gasteiger partial charge in [-0.1, -0.05) is 36.4 Å². The van der Waals surface area contributed by atoms with E-state index < -0.39 is 0 Å². The van der Waals surface area contributed by atoms with E-state index in [-0.39, 0.29) is 12.6 Å². The maximum Gasteiger partial charge on any atom is 0.326 e. The number of hydrogen-bond acceptors (Lipinski definition) is 3. The number of nitrogens with one attached hydrogen (secondary N) is 1. The van der Waals surface area contributed by atoms with Crippen molar-refractivity contribution in [3.05, 3.63) is 72.8 Å². The number of aryl methyl sites for hydroxylation is 1. The summed E-state index contributed by atoms with van der Waals surface area (Å²) in [6.07, 6.45) is 1.60. The molecule has 1 N–H and O–H groups in total. The molecule has 0 aliphatic rings. The highest BCUT2D eigenvalue weighted by Crippen LogP contribution is 2.24. The summed E-state index contributed by atoms with van der Waals surface area (Å²) < 4.78 is 1.60. The number of para-hydroxylation sites is 2. The fraction of sp³-hybridized carbons (Fsp3) is 0.118. The molecule has 2 aromatic carbocycles. The Morgan fingerprint density at radius 1 is 1.04 bits per heavy atom. The molecular weight excluding hydrogens is 290 g/mol. The van der Waals surface area contributed by atoms with Crippen LogP contribution in [0.5, 0.6) is 0 Å². The second-order valence-corrected chi connectivity index (χ2v) is 5.00. The number of anilines is 2. The molecule has 0 spiro atoms. The molecule has 3 aromatic rings. The maximum atomic E-state index is 12.7. The SMILES string of the molecule is Cn1cnc(CNC(=O)N(c2ccccc2)c2ccccc2)n1. The Hall–Kier alpha value is -3.15. The van der Waals surface area contributed by atoms with Gasteiger partial charge in [-0.25, -0.2) is 9.78 Å². The van der Waals surface area contributed by atoms with E-state index in [0.29, 0.717) is 5.82 Å². The monoisotopic (exact) mass is 307 g/mol. The van der Waals surface area contributed by atoms with Crippen molar-refractivity contribution < 1.29 is 4.79 Å². The van der Waals surface area contributed by atoms with Crippen LogP contribution in [0, 0.1) is 0 Å². The van der Waals surface area contributed by atoms with Gasteiger partial charge in [0.2, 0.25) is 0 Å². The lowest BCUT2D eigenvalue weighted by molar-refractivity contribution is 0.248. The molecule has 116 valence electrons. The van der Waals surface area contributed by atoms with E-state index in [2.05, 4.69) is 15.4 Å². The first-order valence-corrected chi connectivity index (χ1v) is 7.26. The lowest BCUT2D eigenvalue weighted by Gasteiger charge is -2.23. The zero-order valence-electron chi connectivity index (χ0n) is 12.8. The summed E-state index contributed by atoms with van der Waals surface area (Å²) in [6.45, 7) is 0.274. The Kier molecular flexibility index (Phi) is 4.33. The lowest BCUT2D eigenvalue weighted by Crippen LogP contribution is -2.36. The highest BCUT2D eigenvalue weighted by atomic mass is 16.2. The summed E-state index contributed by atoms with van der Waals surface area (Å²) in [7, 11) is 1.79. The number of nitrogens with zero attached hydrogens (tertiary/aromatic N) is 4. The van der Waals surface area contributed by atoms with Crippen molar-refractivity contribution in [1.29, 1.82) is 0 Å². The van der Waals surface area contributed by atoms with Gasteiger partial charge in [0.05, 0.1) is 17.9 Å². The van der Waals surface area contributed by atoms with Gasteiger partial charge in [0.1, 0.15) is 6.33 Å². The predicted octanol–water partition coefficient (Wildman–Crippen LogP) is 2.86. The average molecular weight is 307 g/mol. The van der Waals surface area contributed by atoms with E-state index in [1.165, 1.54) is 0 Å². The molecule has 0 atom stereocenters. The van der Waals surface area contributed by atoms with E-state index in [9.17, 15) is 4.79 Å². The number of aromatic nitrogens is 3. The van der Waals surface area contributed by atoms with Crippen molar-refractivity contribution >= 4 is 17.4 Å². The van der Waals surface area contributed by atoms with Crippen molar-refractivity contribution in [2.24, 2.45) is 7.05 Å². The first-order valence-electron chi connectivity index (χ1n) is 7.26. The number of rotatable bonds is 4. The highest BCUT2D eigenvalue weighted by Gasteiger charge is 2.17. The molecule has 1 aromatic heterocycles. The Morgan fingerprint density at radius 3 is 2.09 bits per heavy atom. The fourth-order valence-electron chi connectivity index (χ4n) is 2.24. The third kappa shape index (κ3) is 3.55. The summed E-state index contributed by atoms with van der Waals surface area (Å²) in [5, 5.41) is 7.02. The van der Waals surface area contributed by atoms with Gasteiger partial charge >= 0.3 is 6.03 Å². The normalized spacial score (nSPS) is 10.3. The minimum atomic E-state index is -0.227. The van der Waals surface area contributed by atoms with Gasteiger partial charge in [0, 0.05) is 7.05 Å². The topological polar surface area (TPSA) is 63.1 Å². The van der Waals surface area contributed by atoms with E-state index in [1.54, 1.807) is 23.0 Å². The molecule has 6 heteroatoms. The van der Waals surface area contributed by atoms with Crippen LogP contribution in [0.1, 0.15) is 5.82 Å². The number of hydrogen-bond donors (Lipinski definition) is 1. The largest absolute Gasteiger partial charge is 0.330 e. The molecule has 0 aliphatic heterocycles. The Balaban J connectivity index is 1.82. The van der Waals surface area contributed by atoms with E-state index in [4.69, 9.17) is 0 Å². The zero-order chi connectivity index (χ0) is 16.1. The van der Waals surface area contributed by atoms with Crippen LogP contribution in [0.15, 0.2) is 67.0 Å². The quantitative estimate of drug-likeness (QED) is 0.806. The first kappa shape index (κ1) is 14.8. The molecule has 0 radical (unpaired) electrons. The predicted molar refractivity (Wildman–Crippen MR) is 88.3 cm³/mol. The van der Waals surface area contributed by atoms with Crippen LogP contribution < -0.4 is 10.2 Å². The van der Waals surface area contributed by atoms with Crippen molar-refractivity contribution in [3.63, 3.8) is 0 Å².